The second-order valence-corrected chi connectivity index (χ2v) is 4.45. The van der Waals surface area contributed by atoms with Crippen LogP contribution in [0.25, 0.3) is 0 Å². The Balaban J connectivity index is 2.34. The average molecular weight is 294 g/mol. The molecule has 2 rings (SSSR count). The number of aryl methyl sites for hydroxylation is 1. The van der Waals surface area contributed by atoms with Crippen LogP contribution in [0.1, 0.15) is 24.0 Å². The zero-order chi connectivity index (χ0) is 12.3. The maximum absolute atomic E-state index is 11.7. The molecule has 0 aliphatic carbocycles. The molecule has 0 saturated carbocycles. The zero-order valence-corrected chi connectivity index (χ0v) is 11.0. The molecule has 0 aliphatic rings. The fraction of sp³-hybridized carbons (Fsp3) is 0.250. The number of nitrogens with one attached hydrogen (secondary N) is 1. The molecule has 0 spiro atoms. The van der Waals surface area contributed by atoms with E-state index in [-0.39, 0.29) is 5.56 Å². The van der Waals surface area contributed by atoms with Crippen molar-refractivity contribution in [3.63, 3.8) is 0 Å². The Morgan fingerprint density at radius 2 is 2.06 bits per heavy atom. The summed E-state index contributed by atoms with van der Waals surface area (Å²) in [5.74, 6) is 0.682. The normalized spacial score (nSPS) is 10.5. The molecule has 0 atom stereocenters. The molecule has 0 unspecified atom stereocenters. The predicted octanol–water partition coefficient (Wildman–Crippen LogP) is 2.08. The van der Waals surface area contributed by atoms with E-state index in [9.17, 15) is 4.79 Å². The molecule has 0 aliphatic heterocycles. The van der Waals surface area contributed by atoms with Crippen LogP contribution in [0.3, 0.4) is 0 Å². The molecule has 5 heteroatoms. The van der Waals surface area contributed by atoms with Gasteiger partial charge in [-0.15, -0.1) is 0 Å². The topological polar surface area (TPSA) is 58.6 Å². The largest absolute Gasteiger partial charge is 0.309 e. The molecule has 0 radical (unpaired) electrons. The first-order valence-corrected chi connectivity index (χ1v) is 6.16. The van der Waals surface area contributed by atoms with Crippen LogP contribution < -0.4 is 5.56 Å². The lowest BCUT2D eigenvalue weighted by atomic mass is 10.2. The second-order valence-electron chi connectivity index (χ2n) is 3.66. The lowest BCUT2D eigenvalue weighted by Gasteiger charge is -2.04. The first-order chi connectivity index (χ1) is 8.20. The fourth-order valence-electron chi connectivity index (χ4n) is 1.57. The molecule has 1 N–H and O–H groups in total. The molecular formula is C12H12BrN3O. The Bertz CT molecular complexity index is 566. The summed E-state index contributed by atoms with van der Waals surface area (Å²) in [5.41, 5.74) is 1.74. The van der Waals surface area contributed by atoms with Crippen molar-refractivity contribution in [1.29, 1.82) is 0 Å². The smallest absolute Gasteiger partial charge is 0.265 e. The van der Waals surface area contributed by atoms with Crippen LogP contribution >= 0.6 is 15.9 Å². The van der Waals surface area contributed by atoms with Gasteiger partial charge in [0.05, 0.1) is 5.69 Å². The number of nitrogens with zero attached hydrogens (tertiary/aromatic N) is 2. The number of hydrogen-bond acceptors (Lipinski definition) is 3. The highest BCUT2D eigenvalue weighted by atomic mass is 79.9. The van der Waals surface area contributed by atoms with E-state index in [4.69, 9.17) is 0 Å². The number of rotatable bonds is 3. The summed E-state index contributed by atoms with van der Waals surface area (Å²) in [5, 5.41) is 0. The van der Waals surface area contributed by atoms with Crippen LogP contribution in [0.2, 0.25) is 0 Å². The number of aromatic nitrogens is 3. The Morgan fingerprint density at radius 1 is 1.35 bits per heavy atom. The van der Waals surface area contributed by atoms with Crippen LogP contribution in [-0.4, -0.2) is 15.0 Å². The van der Waals surface area contributed by atoms with Gasteiger partial charge in [0.2, 0.25) is 0 Å². The first kappa shape index (κ1) is 12.0. The molecule has 0 aromatic carbocycles. The third kappa shape index (κ3) is 2.79. The van der Waals surface area contributed by atoms with Gasteiger partial charge in [-0.3, -0.25) is 9.78 Å². The van der Waals surface area contributed by atoms with Gasteiger partial charge < -0.3 is 4.98 Å². The van der Waals surface area contributed by atoms with Gasteiger partial charge in [0, 0.05) is 18.8 Å². The summed E-state index contributed by atoms with van der Waals surface area (Å²) in [4.78, 5) is 22.8. The van der Waals surface area contributed by atoms with E-state index in [1.165, 1.54) is 0 Å². The summed E-state index contributed by atoms with van der Waals surface area (Å²) in [6, 6.07) is 3.82. The molecule has 2 aromatic heterocycles. The second kappa shape index (κ2) is 5.23. The molecule has 0 fully saturated rings. The summed E-state index contributed by atoms with van der Waals surface area (Å²) in [6.07, 6.45) is 4.80. The number of pyridine rings is 1. The van der Waals surface area contributed by atoms with Crippen LogP contribution in [-0.2, 0) is 12.8 Å². The van der Waals surface area contributed by atoms with Crippen LogP contribution in [0.4, 0.5) is 0 Å². The summed E-state index contributed by atoms with van der Waals surface area (Å²) in [6.45, 7) is 1.97. The molecule has 88 valence electrons. The van der Waals surface area contributed by atoms with E-state index < -0.39 is 0 Å². The number of aromatic amines is 1. The van der Waals surface area contributed by atoms with E-state index >= 15 is 0 Å². The van der Waals surface area contributed by atoms with E-state index in [0.29, 0.717) is 16.7 Å². The fourth-order valence-corrected chi connectivity index (χ4v) is 2.04. The molecule has 2 aromatic rings. The van der Waals surface area contributed by atoms with Crippen molar-refractivity contribution in [2.24, 2.45) is 0 Å². The molecule has 0 bridgehead atoms. The molecule has 2 heterocycles. The molecular weight excluding hydrogens is 282 g/mol. The number of H-pyrrole nitrogens is 1. The highest BCUT2D eigenvalue weighted by molar-refractivity contribution is 9.10. The van der Waals surface area contributed by atoms with E-state index in [0.717, 1.165) is 17.7 Å². The highest BCUT2D eigenvalue weighted by Gasteiger charge is 2.07. The standard InChI is InChI=1S/C12H12BrN3O/c1-2-9-11(13)12(17)16-10(15-9)7-8-3-5-14-6-4-8/h3-6H,2,7H2,1H3,(H,15,16,17). The van der Waals surface area contributed by atoms with Gasteiger partial charge in [-0.2, -0.15) is 0 Å². The Hall–Kier alpha value is -1.49. The van der Waals surface area contributed by atoms with Gasteiger partial charge in [0.25, 0.3) is 5.56 Å². The summed E-state index contributed by atoms with van der Waals surface area (Å²) < 4.78 is 0.526. The zero-order valence-electron chi connectivity index (χ0n) is 9.40. The number of hydrogen-bond donors (Lipinski definition) is 1. The van der Waals surface area contributed by atoms with Crippen molar-refractivity contribution in [2.75, 3.05) is 0 Å². The van der Waals surface area contributed by atoms with Gasteiger partial charge in [0.1, 0.15) is 10.3 Å². The van der Waals surface area contributed by atoms with E-state index in [1.807, 2.05) is 19.1 Å². The van der Waals surface area contributed by atoms with Gasteiger partial charge in [0.15, 0.2) is 0 Å². The van der Waals surface area contributed by atoms with Crippen molar-refractivity contribution in [2.45, 2.75) is 19.8 Å². The van der Waals surface area contributed by atoms with Gasteiger partial charge in [-0.1, -0.05) is 6.92 Å². The summed E-state index contributed by atoms with van der Waals surface area (Å²) >= 11 is 3.24. The monoisotopic (exact) mass is 293 g/mol. The Morgan fingerprint density at radius 3 is 2.71 bits per heavy atom. The van der Waals surface area contributed by atoms with Crippen molar-refractivity contribution in [3.05, 3.63) is 56.4 Å². The van der Waals surface area contributed by atoms with E-state index in [1.54, 1.807) is 12.4 Å². The van der Waals surface area contributed by atoms with Gasteiger partial charge in [-0.25, -0.2) is 4.98 Å². The van der Waals surface area contributed by atoms with E-state index in [2.05, 4.69) is 30.9 Å². The van der Waals surface area contributed by atoms with Crippen molar-refractivity contribution < 1.29 is 0 Å². The third-order valence-electron chi connectivity index (χ3n) is 2.44. The van der Waals surface area contributed by atoms with Crippen molar-refractivity contribution >= 4 is 15.9 Å². The molecule has 0 saturated heterocycles. The first-order valence-electron chi connectivity index (χ1n) is 5.37. The third-order valence-corrected chi connectivity index (χ3v) is 3.25. The lowest BCUT2D eigenvalue weighted by molar-refractivity contribution is 0.876. The highest BCUT2D eigenvalue weighted by Crippen LogP contribution is 2.11. The Labute approximate surface area is 107 Å². The Kier molecular flexibility index (Phi) is 3.68. The average Bonchev–Trinajstić information content (AvgIpc) is 2.35. The van der Waals surface area contributed by atoms with Crippen LogP contribution in [0, 0.1) is 0 Å². The minimum Gasteiger partial charge on any atom is -0.309 e. The molecule has 17 heavy (non-hydrogen) atoms. The van der Waals surface area contributed by atoms with Gasteiger partial charge in [-0.05, 0) is 40.0 Å². The maximum atomic E-state index is 11.7. The predicted molar refractivity (Wildman–Crippen MR) is 69.0 cm³/mol. The number of halogens is 1. The lowest BCUT2D eigenvalue weighted by Crippen LogP contribution is -2.15. The van der Waals surface area contributed by atoms with Crippen molar-refractivity contribution in [3.8, 4) is 0 Å². The molecule has 4 nitrogen and oxygen atoms in total. The minimum absolute atomic E-state index is 0.124. The van der Waals surface area contributed by atoms with Crippen LogP contribution in [0.15, 0.2) is 33.8 Å². The minimum atomic E-state index is -0.124. The quantitative estimate of drug-likeness (QED) is 0.943. The molecule has 0 amide bonds. The maximum Gasteiger partial charge on any atom is 0.265 e. The van der Waals surface area contributed by atoms with Crippen LogP contribution in [0.5, 0.6) is 0 Å². The van der Waals surface area contributed by atoms with Gasteiger partial charge >= 0.3 is 0 Å². The van der Waals surface area contributed by atoms with Crippen molar-refractivity contribution in [1.82, 2.24) is 15.0 Å². The summed E-state index contributed by atoms with van der Waals surface area (Å²) in [7, 11) is 0. The SMILES string of the molecule is CCc1nc(Cc2ccncc2)[nH]c(=O)c1Br.